The van der Waals surface area contributed by atoms with Crippen LogP contribution in [0.25, 0.3) is 5.57 Å². The van der Waals surface area contributed by atoms with Crippen molar-refractivity contribution in [3.05, 3.63) is 70.4 Å². The van der Waals surface area contributed by atoms with Gasteiger partial charge in [-0.1, -0.05) is 36.4 Å². The zero-order valence-corrected chi connectivity index (χ0v) is 17.9. The molecule has 5 nitrogen and oxygen atoms in total. The number of anilines is 1. The van der Waals surface area contributed by atoms with E-state index >= 15 is 0 Å². The van der Waals surface area contributed by atoms with Crippen LogP contribution < -0.4 is 4.90 Å². The van der Waals surface area contributed by atoms with E-state index in [1.54, 1.807) is 7.11 Å². The second kappa shape index (κ2) is 8.44. The van der Waals surface area contributed by atoms with Crippen molar-refractivity contribution >= 4 is 23.1 Å². The van der Waals surface area contributed by atoms with Crippen molar-refractivity contribution in [2.45, 2.75) is 33.1 Å². The van der Waals surface area contributed by atoms with Gasteiger partial charge in [0, 0.05) is 32.5 Å². The van der Waals surface area contributed by atoms with E-state index in [0.29, 0.717) is 30.8 Å². The molecular formula is C25H28N2O3. The number of para-hydroxylation sites is 1. The molecule has 2 aromatic rings. The van der Waals surface area contributed by atoms with Crippen molar-refractivity contribution in [2.75, 3.05) is 31.7 Å². The van der Waals surface area contributed by atoms with Crippen LogP contribution in [0.5, 0.6) is 0 Å². The highest BCUT2D eigenvalue weighted by Gasteiger charge is 2.42. The Morgan fingerprint density at radius 3 is 2.57 bits per heavy atom. The number of methoxy groups -OCH3 is 1. The molecule has 2 heterocycles. The van der Waals surface area contributed by atoms with E-state index < -0.39 is 0 Å². The fourth-order valence-electron chi connectivity index (χ4n) is 4.31. The van der Waals surface area contributed by atoms with Gasteiger partial charge in [0.15, 0.2) is 0 Å². The zero-order chi connectivity index (χ0) is 21.3. The second-order valence-corrected chi connectivity index (χ2v) is 8.01. The summed E-state index contributed by atoms with van der Waals surface area (Å²) in [5.41, 5.74) is 6.34. The number of carbonyl (C=O) groups is 2. The van der Waals surface area contributed by atoms with Gasteiger partial charge in [-0.2, -0.15) is 0 Å². The summed E-state index contributed by atoms with van der Waals surface area (Å²) in [4.78, 5) is 30.4. The Hall–Kier alpha value is -2.92. The molecule has 0 bridgehead atoms. The molecule has 2 aliphatic heterocycles. The van der Waals surface area contributed by atoms with Crippen molar-refractivity contribution in [1.29, 1.82) is 0 Å². The molecule has 0 spiro atoms. The SMILES string of the molecule is COCCCN1C(=O)C(c2ccc(C)c(C)c2)=C(N2CCCc3ccccc32)C1=O. The lowest BCUT2D eigenvalue weighted by molar-refractivity contribution is -0.137. The molecule has 2 aliphatic rings. The predicted octanol–water partition coefficient (Wildman–Crippen LogP) is 3.87. The number of hydrogen-bond donors (Lipinski definition) is 0. The maximum atomic E-state index is 13.5. The van der Waals surface area contributed by atoms with E-state index in [1.807, 2.05) is 50.2 Å². The third-order valence-electron chi connectivity index (χ3n) is 6.05. The van der Waals surface area contributed by atoms with E-state index in [-0.39, 0.29) is 11.8 Å². The van der Waals surface area contributed by atoms with Gasteiger partial charge < -0.3 is 9.64 Å². The van der Waals surface area contributed by atoms with Crippen LogP contribution in [0, 0.1) is 13.8 Å². The van der Waals surface area contributed by atoms with Crippen LogP contribution >= 0.6 is 0 Å². The Morgan fingerprint density at radius 2 is 1.80 bits per heavy atom. The summed E-state index contributed by atoms with van der Waals surface area (Å²) in [5.74, 6) is -0.418. The number of benzene rings is 2. The number of nitrogens with zero attached hydrogens (tertiary/aromatic N) is 2. The van der Waals surface area contributed by atoms with Gasteiger partial charge in [0.05, 0.1) is 5.57 Å². The van der Waals surface area contributed by atoms with Crippen molar-refractivity contribution in [2.24, 2.45) is 0 Å². The number of ether oxygens (including phenoxy) is 1. The Balaban J connectivity index is 1.83. The third-order valence-corrected chi connectivity index (χ3v) is 6.05. The number of fused-ring (bicyclic) bond motifs is 1. The minimum absolute atomic E-state index is 0.207. The molecule has 0 saturated carbocycles. The Kier molecular flexibility index (Phi) is 5.73. The van der Waals surface area contributed by atoms with Gasteiger partial charge in [-0.15, -0.1) is 0 Å². The largest absolute Gasteiger partial charge is 0.385 e. The van der Waals surface area contributed by atoms with Gasteiger partial charge in [-0.05, 0) is 61.4 Å². The number of hydrogen-bond acceptors (Lipinski definition) is 4. The van der Waals surface area contributed by atoms with Crippen LogP contribution in [0.4, 0.5) is 5.69 Å². The second-order valence-electron chi connectivity index (χ2n) is 8.01. The molecule has 156 valence electrons. The van der Waals surface area contributed by atoms with Crippen molar-refractivity contribution in [3.8, 4) is 0 Å². The van der Waals surface area contributed by atoms with E-state index in [0.717, 1.165) is 41.8 Å². The molecule has 0 aromatic heterocycles. The molecule has 0 N–H and O–H groups in total. The molecule has 0 fully saturated rings. The normalized spacial score (nSPS) is 16.5. The maximum absolute atomic E-state index is 13.5. The van der Waals surface area contributed by atoms with Crippen LogP contribution in [0.1, 0.15) is 35.1 Å². The van der Waals surface area contributed by atoms with Gasteiger partial charge >= 0.3 is 0 Å². The number of rotatable bonds is 6. The highest BCUT2D eigenvalue weighted by molar-refractivity contribution is 6.36. The number of aryl methyl sites for hydroxylation is 3. The first-order chi connectivity index (χ1) is 14.5. The highest BCUT2D eigenvalue weighted by atomic mass is 16.5. The summed E-state index contributed by atoms with van der Waals surface area (Å²) in [5, 5.41) is 0. The first-order valence-corrected chi connectivity index (χ1v) is 10.6. The molecular weight excluding hydrogens is 376 g/mol. The minimum Gasteiger partial charge on any atom is -0.385 e. The average molecular weight is 405 g/mol. The van der Waals surface area contributed by atoms with Crippen LogP contribution in [0.15, 0.2) is 48.2 Å². The molecule has 0 atom stereocenters. The van der Waals surface area contributed by atoms with Gasteiger partial charge in [-0.25, -0.2) is 0 Å². The Morgan fingerprint density at radius 1 is 1.00 bits per heavy atom. The minimum atomic E-state index is -0.211. The van der Waals surface area contributed by atoms with Gasteiger partial charge in [0.2, 0.25) is 0 Å². The van der Waals surface area contributed by atoms with Crippen molar-refractivity contribution in [1.82, 2.24) is 4.90 Å². The molecule has 0 unspecified atom stereocenters. The molecule has 4 rings (SSSR count). The summed E-state index contributed by atoms with van der Waals surface area (Å²) in [6.07, 6.45) is 2.56. The fourth-order valence-corrected chi connectivity index (χ4v) is 4.31. The van der Waals surface area contributed by atoms with Gasteiger partial charge in [-0.3, -0.25) is 14.5 Å². The van der Waals surface area contributed by atoms with E-state index in [9.17, 15) is 9.59 Å². The zero-order valence-electron chi connectivity index (χ0n) is 17.9. The lowest BCUT2D eigenvalue weighted by Gasteiger charge is -2.32. The summed E-state index contributed by atoms with van der Waals surface area (Å²) >= 11 is 0. The number of amides is 2. The molecule has 2 amide bonds. The highest BCUT2D eigenvalue weighted by Crippen LogP contribution is 2.38. The summed E-state index contributed by atoms with van der Waals surface area (Å²) in [7, 11) is 1.63. The molecule has 5 heteroatoms. The van der Waals surface area contributed by atoms with E-state index in [1.165, 1.54) is 10.5 Å². The molecule has 2 aromatic carbocycles. The molecule has 0 aliphatic carbocycles. The van der Waals surface area contributed by atoms with Gasteiger partial charge in [0.1, 0.15) is 5.70 Å². The number of imide groups is 1. The predicted molar refractivity (Wildman–Crippen MR) is 118 cm³/mol. The van der Waals surface area contributed by atoms with Crippen LogP contribution in [0.2, 0.25) is 0 Å². The summed E-state index contributed by atoms with van der Waals surface area (Å²) < 4.78 is 5.13. The van der Waals surface area contributed by atoms with Crippen LogP contribution in [0.3, 0.4) is 0 Å². The lowest BCUT2D eigenvalue weighted by Crippen LogP contribution is -2.37. The van der Waals surface area contributed by atoms with Crippen LogP contribution in [-0.2, 0) is 20.7 Å². The third kappa shape index (κ3) is 3.54. The topological polar surface area (TPSA) is 49.9 Å². The first kappa shape index (κ1) is 20.4. The Labute approximate surface area is 177 Å². The monoisotopic (exact) mass is 404 g/mol. The van der Waals surface area contributed by atoms with Crippen molar-refractivity contribution < 1.29 is 14.3 Å². The quantitative estimate of drug-likeness (QED) is 0.542. The van der Waals surface area contributed by atoms with E-state index in [2.05, 4.69) is 11.0 Å². The molecule has 30 heavy (non-hydrogen) atoms. The number of carbonyl (C=O) groups excluding carboxylic acids is 2. The Bertz CT molecular complexity index is 1020. The summed E-state index contributed by atoms with van der Waals surface area (Å²) in [6.45, 7) is 5.68. The van der Waals surface area contributed by atoms with Gasteiger partial charge in [0.25, 0.3) is 11.8 Å². The van der Waals surface area contributed by atoms with Crippen molar-refractivity contribution in [3.63, 3.8) is 0 Å². The lowest BCUT2D eigenvalue weighted by atomic mass is 9.97. The standard InChI is InChI=1S/C25H28N2O3/c1-17-11-12-20(16-18(17)2)22-23(25(29)27(24(22)28)14-7-15-30-3)26-13-6-9-19-8-4-5-10-21(19)26/h4-5,8,10-12,16H,6-7,9,13-15H2,1-3H3. The van der Waals surface area contributed by atoms with E-state index in [4.69, 9.17) is 4.74 Å². The summed E-state index contributed by atoms with van der Waals surface area (Å²) in [6, 6.07) is 14.2. The molecule has 0 radical (unpaired) electrons. The van der Waals surface area contributed by atoms with Crippen LogP contribution in [-0.4, -0.2) is 43.5 Å². The molecule has 0 saturated heterocycles. The maximum Gasteiger partial charge on any atom is 0.278 e. The fraction of sp³-hybridized carbons (Fsp3) is 0.360. The first-order valence-electron chi connectivity index (χ1n) is 10.6. The smallest absolute Gasteiger partial charge is 0.278 e. The average Bonchev–Trinajstić information content (AvgIpc) is 3.00.